The fourth-order valence-electron chi connectivity index (χ4n) is 5.48. The number of rotatable bonds is 24. The Labute approximate surface area is 464 Å². The first kappa shape index (κ1) is 82.8. The minimum atomic E-state index is -5.86. The Morgan fingerprint density at radius 3 is 0.663 bits per heavy atom. The van der Waals surface area contributed by atoms with Crippen LogP contribution in [0.15, 0.2) is 74.9 Å². The van der Waals surface area contributed by atoms with Gasteiger partial charge in [0.1, 0.15) is 75.8 Å². The molecule has 0 spiro atoms. The zero-order chi connectivity index (χ0) is 63.1. The molecule has 4 heterocycles. The lowest BCUT2D eigenvalue weighted by Gasteiger charge is -2.40. The Morgan fingerprint density at radius 2 is 0.518 bits per heavy atom. The van der Waals surface area contributed by atoms with Crippen molar-refractivity contribution in [3.05, 3.63) is 89.7 Å². The number of nitrogens with zero attached hydrogens (tertiary/aromatic N) is 8. The molecule has 0 saturated carbocycles. The van der Waals surface area contributed by atoms with E-state index in [0.29, 0.717) is 0 Å². The van der Waals surface area contributed by atoms with Crippen molar-refractivity contribution in [2.24, 2.45) is 0 Å². The van der Waals surface area contributed by atoms with Gasteiger partial charge in [0, 0.05) is 7.43 Å². The number of carbonyl (C=O) groups is 4. The van der Waals surface area contributed by atoms with Gasteiger partial charge in [-0.05, 0) is 0 Å². The first-order valence-corrected chi connectivity index (χ1v) is 32.5. The second-order valence-electron chi connectivity index (χ2n) is 15.9. The zero-order valence-electron chi connectivity index (χ0n) is 41.2. The van der Waals surface area contributed by atoms with Gasteiger partial charge < -0.3 is 149 Å². The van der Waals surface area contributed by atoms with Crippen LogP contribution in [0.5, 0.6) is 0 Å². The van der Waals surface area contributed by atoms with Gasteiger partial charge in [-0.25, -0.2) is 55.7 Å². The highest BCUT2D eigenvalue weighted by Crippen LogP contribution is 2.69. The van der Waals surface area contributed by atoms with E-state index < -0.39 is 157 Å². The minimum Gasteiger partial charge on any atom is -0.776 e. The summed E-state index contributed by atoms with van der Waals surface area (Å²) in [6, 6.07) is 0. The van der Waals surface area contributed by atoms with Gasteiger partial charge in [-0.15, -0.1) is 0 Å². The molecule has 0 amide bonds. The Bertz CT molecular complexity index is 2740. The van der Waals surface area contributed by atoms with Gasteiger partial charge in [-0.3, -0.25) is 13.7 Å². The SMILES string of the molecule is C.O=C(O)C[n+]1ccn(CC(O)(P(=O)(O)O)P(=O)(O)O)c1.O=C(O)C[n+]1ccn(CC(O)(P(=O)([O-])O)P(=O)(O)O)c1.O=C(O)C[n+]1ccn(CC(O)(P(=O)([O-])O)P(=O)([O-])O)c1.O=C(O)C[n+]1ccn(CC(O)(P(=O)([O-])O)P(=O)([O-])O)c1.[CH3+].[CH3-]. The molecular weight excluding hydrogens is 1310 g/mol. The fraction of sp³-hybridized carbons (Fsp3) is 0.419. The number of carboxylic acids is 4. The monoisotopic (exact) mass is 1370 g/mol. The maximum Gasteiger partial charge on any atom is 0.373 e. The van der Waals surface area contributed by atoms with E-state index in [9.17, 15) is 101 Å². The summed E-state index contributed by atoms with van der Waals surface area (Å²) in [6.45, 7) is -6.65. The smallest absolute Gasteiger partial charge is 0.373 e. The highest BCUT2D eigenvalue weighted by molar-refractivity contribution is 7.72. The molecule has 4 aromatic heterocycles. The topological polar surface area (TPSA) is 740 Å². The van der Waals surface area contributed by atoms with Gasteiger partial charge in [0.25, 0.3) is 5.08 Å². The molecule has 0 aromatic carbocycles. The summed E-state index contributed by atoms with van der Waals surface area (Å²) in [7, 11) is -45.9. The second-order valence-corrected chi connectivity index (χ2v) is 31.7. The fourth-order valence-corrected chi connectivity index (χ4v) is 13.5. The van der Waals surface area contributed by atoms with Gasteiger partial charge >= 0.3 is 51.7 Å². The van der Waals surface area contributed by atoms with Crippen molar-refractivity contribution in [2.45, 2.75) is 80.1 Å². The van der Waals surface area contributed by atoms with Crippen LogP contribution in [0.3, 0.4) is 0 Å². The standard InChI is InChI=1S/4C7H12N2O9P2.CH4.2CH3/c4*10-6(11)3-8-1-2-9(5-8)4-7(12,19(13,14)15)20(16,17)18;;;/h4*1-2,5,12H,3-4H2,(H4-,10,11,13,14,15,16,17,18);1H4;2*1H3/q;;;;;-1;+1/p-1. The van der Waals surface area contributed by atoms with E-state index in [0.717, 1.165) is 99.0 Å². The van der Waals surface area contributed by atoms with E-state index in [1.165, 1.54) is 12.4 Å². The lowest BCUT2D eigenvalue weighted by molar-refractivity contribution is -0.685. The maximum absolute atomic E-state index is 11.1. The molecule has 6 atom stereocenters. The van der Waals surface area contributed by atoms with Crippen molar-refractivity contribution >= 4 is 84.6 Å². The third kappa shape index (κ3) is 22.8. The molecule has 0 saturated heterocycles. The molecular formula is C31H57N8O36P8-. The third-order valence-electron chi connectivity index (χ3n) is 9.50. The van der Waals surface area contributed by atoms with E-state index in [4.69, 9.17) is 74.3 Å². The Balaban J connectivity index is -0.00000102. The number of aliphatic hydroxyl groups is 4. The van der Waals surface area contributed by atoms with Gasteiger partial charge in [-0.2, -0.15) is 0 Å². The van der Waals surface area contributed by atoms with E-state index in [2.05, 4.69) is 0 Å². The van der Waals surface area contributed by atoms with Crippen molar-refractivity contribution in [2.75, 3.05) is 0 Å². The Morgan fingerprint density at radius 1 is 0.361 bits per heavy atom. The number of aromatic nitrogens is 8. The molecule has 0 aliphatic rings. The first-order chi connectivity index (χ1) is 35.5. The van der Waals surface area contributed by atoms with Crippen molar-refractivity contribution in [1.82, 2.24) is 18.3 Å². The normalized spacial score (nSPS) is 17.6. The summed E-state index contributed by atoms with van der Waals surface area (Å²) in [4.78, 5) is 194. The summed E-state index contributed by atoms with van der Waals surface area (Å²) in [5.41, 5.74) is 0. The predicted octanol–water partition coefficient (Wildman–Crippen LogP) is -10.2. The quantitative estimate of drug-likeness (QED) is 0.0176. The summed E-state index contributed by atoms with van der Waals surface area (Å²) >= 11 is 0. The Kier molecular flexibility index (Phi) is 29.8. The molecule has 83 heavy (non-hydrogen) atoms. The van der Waals surface area contributed by atoms with Crippen LogP contribution in [-0.4, -0.2) is 157 Å². The van der Waals surface area contributed by atoms with Gasteiger partial charge in [-0.1, -0.05) is 7.43 Å². The van der Waals surface area contributed by atoms with Crippen LogP contribution in [0.2, 0.25) is 0 Å². The first-order valence-electron chi connectivity index (χ1n) is 19.8. The molecule has 4 aromatic rings. The summed E-state index contributed by atoms with van der Waals surface area (Å²) in [5.74, 6) is -4.81. The van der Waals surface area contributed by atoms with Gasteiger partial charge in [0.15, 0.2) is 64.2 Å². The van der Waals surface area contributed by atoms with Crippen molar-refractivity contribution in [3.63, 3.8) is 0 Å². The van der Waals surface area contributed by atoms with Crippen LogP contribution < -0.4 is 42.7 Å². The average molecular weight is 1370 g/mol. The maximum atomic E-state index is 11.1. The number of hydrogen-bond donors (Lipinski definition) is 19. The lowest BCUT2D eigenvalue weighted by atomic mass is 10.6. The average Bonchev–Trinajstić information content (AvgIpc) is 4.04. The van der Waals surface area contributed by atoms with Crippen LogP contribution in [0.1, 0.15) is 7.43 Å². The van der Waals surface area contributed by atoms with Crippen LogP contribution >= 0.6 is 60.8 Å². The number of hydrogen-bond acceptors (Lipinski definition) is 21. The molecule has 4 rings (SSSR count). The summed E-state index contributed by atoms with van der Waals surface area (Å²) in [5, 5.41) is 57.5. The van der Waals surface area contributed by atoms with E-state index in [-0.39, 0.29) is 22.3 Å². The van der Waals surface area contributed by atoms with Gasteiger partial charge in [0.05, 0.1) is 0 Å². The highest BCUT2D eigenvalue weighted by Gasteiger charge is 2.61. The number of imidazole rings is 4. The van der Waals surface area contributed by atoms with Crippen LogP contribution in [0, 0.1) is 14.9 Å². The van der Waals surface area contributed by atoms with Crippen molar-refractivity contribution in [1.29, 1.82) is 0 Å². The second kappa shape index (κ2) is 29.8. The molecule has 19 N–H and O–H groups in total. The molecule has 0 fully saturated rings. The van der Waals surface area contributed by atoms with E-state index in [1.54, 1.807) is 0 Å². The van der Waals surface area contributed by atoms with E-state index >= 15 is 0 Å². The minimum absolute atomic E-state index is 0. The van der Waals surface area contributed by atoms with Crippen LogP contribution in [0.25, 0.3) is 0 Å². The zero-order valence-corrected chi connectivity index (χ0v) is 48.3. The predicted molar refractivity (Wildman–Crippen MR) is 254 cm³/mol. The lowest BCUT2D eigenvalue weighted by Crippen LogP contribution is -2.41. The molecule has 0 radical (unpaired) electrons. The largest absolute Gasteiger partial charge is 0.776 e. The molecule has 52 heteroatoms. The summed E-state index contributed by atoms with van der Waals surface area (Å²) < 4.78 is 95.7. The highest BCUT2D eigenvalue weighted by atomic mass is 31.3. The molecule has 0 aliphatic carbocycles. The Hall–Kier alpha value is -4.37. The number of carboxylic acid groups (broad SMARTS) is 4. The van der Waals surface area contributed by atoms with Crippen molar-refractivity contribution < 1.29 is 193 Å². The summed E-state index contributed by atoms with van der Waals surface area (Å²) in [6.07, 6.45) is 13.0. The molecule has 0 aliphatic heterocycles. The number of aliphatic carboxylic acids is 4. The van der Waals surface area contributed by atoms with Crippen LogP contribution in [-0.2, 0) is 108 Å². The van der Waals surface area contributed by atoms with Gasteiger partial charge in [0.2, 0.25) is 35.5 Å². The van der Waals surface area contributed by atoms with Crippen molar-refractivity contribution in [3.8, 4) is 0 Å². The third-order valence-corrected chi connectivity index (χ3v) is 24.1. The molecule has 0 bridgehead atoms. The molecule has 6 unspecified atom stereocenters. The van der Waals surface area contributed by atoms with Crippen LogP contribution in [0.4, 0.5) is 0 Å². The molecule has 478 valence electrons. The van der Waals surface area contributed by atoms with E-state index in [1.807, 2.05) is 0 Å². The molecule has 44 nitrogen and oxygen atoms in total.